The Balaban J connectivity index is 2.05. The first-order valence-corrected chi connectivity index (χ1v) is 8.00. The van der Waals surface area contributed by atoms with Crippen LogP contribution < -0.4 is 17.0 Å². The molecule has 0 saturated carbocycles. The first-order valence-electron chi connectivity index (χ1n) is 8.00. The SMILES string of the molecule is Nc1cccc(-n2c(=O)n(Cc3ccncc3)c(=O)c3cccnc32)c1. The van der Waals surface area contributed by atoms with Gasteiger partial charge in [0.1, 0.15) is 0 Å². The van der Waals surface area contributed by atoms with E-state index in [1.54, 1.807) is 67.1 Å². The molecule has 0 radical (unpaired) electrons. The number of benzene rings is 1. The second-order valence-electron chi connectivity index (χ2n) is 5.83. The minimum atomic E-state index is -0.469. The third-order valence-corrected chi connectivity index (χ3v) is 4.11. The van der Waals surface area contributed by atoms with Crippen molar-refractivity contribution in [3.8, 4) is 5.69 Å². The first kappa shape index (κ1) is 15.8. The molecule has 0 atom stereocenters. The molecule has 0 bridgehead atoms. The summed E-state index contributed by atoms with van der Waals surface area (Å²) in [7, 11) is 0. The van der Waals surface area contributed by atoms with Crippen molar-refractivity contribution in [2.75, 3.05) is 5.73 Å². The van der Waals surface area contributed by atoms with Gasteiger partial charge in [-0.1, -0.05) is 6.07 Å². The van der Waals surface area contributed by atoms with Gasteiger partial charge in [0.05, 0.1) is 17.6 Å². The molecule has 0 spiro atoms. The Kier molecular flexibility index (Phi) is 3.81. The van der Waals surface area contributed by atoms with Gasteiger partial charge in [-0.05, 0) is 48.0 Å². The molecule has 0 fully saturated rings. The number of hydrogen-bond donors (Lipinski definition) is 1. The molecule has 4 aromatic rings. The lowest BCUT2D eigenvalue weighted by Crippen LogP contribution is -2.40. The summed E-state index contributed by atoms with van der Waals surface area (Å²) in [6.45, 7) is 0.146. The molecule has 0 unspecified atom stereocenters. The molecule has 3 heterocycles. The van der Waals surface area contributed by atoms with E-state index in [0.29, 0.717) is 22.4 Å². The lowest BCUT2D eigenvalue weighted by molar-refractivity contribution is 0.682. The molecule has 2 N–H and O–H groups in total. The van der Waals surface area contributed by atoms with E-state index < -0.39 is 5.69 Å². The fraction of sp³-hybridized carbons (Fsp3) is 0.0526. The maximum absolute atomic E-state index is 13.1. The number of anilines is 1. The molecular weight excluding hydrogens is 330 g/mol. The van der Waals surface area contributed by atoms with Crippen molar-refractivity contribution >= 4 is 16.7 Å². The summed E-state index contributed by atoms with van der Waals surface area (Å²) in [5, 5.41) is 0.364. The number of nitrogens with zero attached hydrogens (tertiary/aromatic N) is 4. The largest absolute Gasteiger partial charge is 0.399 e. The van der Waals surface area contributed by atoms with E-state index in [-0.39, 0.29) is 12.1 Å². The summed E-state index contributed by atoms with van der Waals surface area (Å²) in [6.07, 6.45) is 4.80. The normalized spacial score (nSPS) is 10.9. The van der Waals surface area contributed by atoms with Crippen LogP contribution in [0.5, 0.6) is 0 Å². The molecular formula is C19H15N5O2. The van der Waals surface area contributed by atoms with Gasteiger partial charge < -0.3 is 5.73 Å². The Hall–Kier alpha value is -3.74. The number of rotatable bonds is 3. The van der Waals surface area contributed by atoms with E-state index in [1.165, 1.54) is 9.13 Å². The van der Waals surface area contributed by atoms with E-state index in [9.17, 15) is 9.59 Å². The zero-order valence-corrected chi connectivity index (χ0v) is 13.7. The van der Waals surface area contributed by atoms with E-state index >= 15 is 0 Å². The number of fused-ring (bicyclic) bond motifs is 1. The van der Waals surface area contributed by atoms with Crippen LogP contribution in [0.25, 0.3) is 16.7 Å². The number of nitrogens with two attached hydrogens (primary N) is 1. The third kappa shape index (κ3) is 2.65. The molecule has 26 heavy (non-hydrogen) atoms. The van der Waals surface area contributed by atoms with Gasteiger partial charge in [-0.2, -0.15) is 0 Å². The highest BCUT2D eigenvalue weighted by molar-refractivity contribution is 5.75. The minimum absolute atomic E-state index is 0.146. The Bertz CT molecular complexity index is 1210. The highest BCUT2D eigenvalue weighted by Gasteiger charge is 2.15. The average Bonchev–Trinajstić information content (AvgIpc) is 2.66. The van der Waals surface area contributed by atoms with E-state index in [0.717, 1.165) is 5.56 Å². The highest BCUT2D eigenvalue weighted by Crippen LogP contribution is 2.14. The van der Waals surface area contributed by atoms with E-state index in [1.807, 2.05) is 0 Å². The van der Waals surface area contributed by atoms with Gasteiger partial charge in [0, 0.05) is 24.3 Å². The van der Waals surface area contributed by atoms with Gasteiger partial charge in [0.2, 0.25) is 0 Å². The standard InChI is InChI=1S/C19H15N5O2/c20-14-3-1-4-15(11-14)24-17-16(5-2-8-22-17)18(25)23(19(24)26)12-13-6-9-21-10-7-13/h1-11H,12,20H2. The first-order chi connectivity index (χ1) is 12.6. The fourth-order valence-corrected chi connectivity index (χ4v) is 2.89. The van der Waals surface area contributed by atoms with Crippen LogP contribution in [0, 0.1) is 0 Å². The van der Waals surface area contributed by atoms with Crippen LogP contribution in [0.3, 0.4) is 0 Å². The van der Waals surface area contributed by atoms with Crippen LogP contribution in [-0.4, -0.2) is 19.1 Å². The Morgan fingerprint density at radius 1 is 0.962 bits per heavy atom. The highest BCUT2D eigenvalue weighted by atomic mass is 16.2. The summed E-state index contributed by atoms with van der Waals surface area (Å²) in [5.74, 6) is 0. The Morgan fingerprint density at radius 2 is 1.77 bits per heavy atom. The van der Waals surface area contributed by atoms with Crippen molar-refractivity contribution in [1.82, 2.24) is 19.1 Å². The van der Waals surface area contributed by atoms with E-state index in [4.69, 9.17) is 5.73 Å². The molecule has 7 heteroatoms. The predicted molar refractivity (Wildman–Crippen MR) is 99.4 cm³/mol. The topological polar surface area (TPSA) is 95.8 Å². The summed E-state index contributed by atoms with van der Waals surface area (Å²) in [4.78, 5) is 34.2. The quantitative estimate of drug-likeness (QED) is 0.569. The summed E-state index contributed by atoms with van der Waals surface area (Å²) >= 11 is 0. The monoisotopic (exact) mass is 345 g/mol. The molecule has 0 aliphatic heterocycles. The Morgan fingerprint density at radius 3 is 2.54 bits per heavy atom. The van der Waals surface area contributed by atoms with Gasteiger partial charge in [0.25, 0.3) is 5.56 Å². The van der Waals surface area contributed by atoms with Crippen LogP contribution in [-0.2, 0) is 6.54 Å². The number of pyridine rings is 2. The molecule has 0 amide bonds. The maximum Gasteiger partial charge on any atom is 0.337 e. The zero-order chi connectivity index (χ0) is 18.1. The van der Waals surface area contributed by atoms with Crippen LogP contribution in [0.4, 0.5) is 5.69 Å². The molecule has 1 aromatic carbocycles. The van der Waals surface area contributed by atoms with Crippen LogP contribution in [0.15, 0.2) is 76.7 Å². The molecule has 128 valence electrons. The van der Waals surface area contributed by atoms with Gasteiger partial charge in [-0.15, -0.1) is 0 Å². The Labute approximate surface area is 148 Å². The fourth-order valence-electron chi connectivity index (χ4n) is 2.89. The van der Waals surface area contributed by atoms with Crippen molar-refractivity contribution < 1.29 is 0 Å². The smallest absolute Gasteiger partial charge is 0.337 e. The molecule has 0 saturated heterocycles. The summed E-state index contributed by atoms with van der Waals surface area (Å²) in [6, 6.07) is 13.8. The third-order valence-electron chi connectivity index (χ3n) is 4.11. The second-order valence-corrected chi connectivity index (χ2v) is 5.83. The minimum Gasteiger partial charge on any atom is -0.399 e. The van der Waals surface area contributed by atoms with Crippen molar-refractivity contribution in [1.29, 1.82) is 0 Å². The van der Waals surface area contributed by atoms with Crippen molar-refractivity contribution in [2.24, 2.45) is 0 Å². The van der Waals surface area contributed by atoms with Gasteiger partial charge >= 0.3 is 5.69 Å². The van der Waals surface area contributed by atoms with Crippen LogP contribution in [0.1, 0.15) is 5.56 Å². The van der Waals surface area contributed by atoms with Crippen LogP contribution >= 0.6 is 0 Å². The van der Waals surface area contributed by atoms with Gasteiger partial charge in [-0.25, -0.2) is 14.3 Å². The van der Waals surface area contributed by atoms with Crippen molar-refractivity contribution in [2.45, 2.75) is 6.54 Å². The average molecular weight is 345 g/mol. The number of nitrogen functional groups attached to an aromatic ring is 1. The van der Waals surface area contributed by atoms with Crippen molar-refractivity contribution in [3.05, 3.63) is 93.5 Å². The molecule has 4 rings (SSSR count). The predicted octanol–water partition coefficient (Wildman–Crippen LogP) is 1.57. The summed E-state index contributed by atoms with van der Waals surface area (Å²) < 4.78 is 2.61. The molecule has 0 aliphatic rings. The number of aromatic nitrogens is 4. The van der Waals surface area contributed by atoms with Gasteiger partial charge in [0.15, 0.2) is 5.65 Å². The van der Waals surface area contributed by atoms with Crippen molar-refractivity contribution in [3.63, 3.8) is 0 Å². The lowest BCUT2D eigenvalue weighted by atomic mass is 10.2. The second kappa shape index (κ2) is 6.29. The molecule has 7 nitrogen and oxygen atoms in total. The molecule has 0 aliphatic carbocycles. The molecule has 3 aromatic heterocycles. The zero-order valence-electron chi connectivity index (χ0n) is 13.7. The maximum atomic E-state index is 13.1. The number of hydrogen-bond acceptors (Lipinski definition) is 5. The van der Waals surface area contributed by atoms with Gasteiger partial charge in [-0.3, -0.25) is 14.3 Å². The van der Waals surface area contributed by atoms with Crippen LogP contribution in [0.2, 0.25) is 0 Å². The van der Waals surface area contributed by atoms with E-state index in [2.05, 4.69) is 9.97 Å². The lowest BCUT2D eigenvalue weighted by Gasteiger charge is -2.13. The summed E-state index contributed by atoms with van der Waals surface area (Å²) in [5.41, 5.74) is 7.21.